The van der Waals surface area contributed by atoms with E-state index in [-0.39, 0.29) is 0 Å². The topological polar surface area (TPSA) is 29.3 Å². The number of rotatable bonds is 6. The van der Waals surface area contributed by atoms with Gasteiger partial charge < -0.3 is 9.32 Å². The average molecular weight is 605 g/mol. The Morgan fingerprint density at radius 2 is 1.19 bits per heavy atom. The molecule has 1 aromatic heterocycles. The van der Waals surface area contributed by atoms with Gasteiger partial charge in [-0.1, -0.05) is 127 Å². The van der Waals surface area contributed by atoms with Gasteiger partial charge in [-0.25, -0.2) is 4.98 Å². The van der Waals surface area contributed by atoms with Crippen molar-refractivity contribution < 1.29 is 4.42 Å². The number of anilines is 3. The Labute approximate surface area is 274 Å². The lowest BCUT2D eigenvalue weighted by molar-refractivity contribution is 0.585. The van der Waals surface area contributed by atoms with E-state index in [1.54, 1.807) is 0 Å². The molecule has 0 atom stereocenters. The number of oxazole rings is 1. The lowest BCUT2D eigenvalue weighted by atomic mass is 9.67. The molecule has 0 fully saturated rings. The van der Waals surface area contributed by atoms with Gasteiger partial charge in [0, 0.05) is 22.6 Å². The molecule has 0 bridgehead atoms. The van der Waals surface area contributed by atoms with E-state index in [1.165, 1.54) is 33.4 Å². The molecule has 0 unspecified atom stereocenters. The highest BCUT2D eigenvalue weighted by atomic mass is 16.3. The number of fused-ring (bicyclic) bond motifs is 4. The Morgan fingerprint density at radius 3 is 1.91 bits per heavy atom. The fourth-order valence-electron chi connectivity index (χ4n) is 7.55. The molecule has 0 spiro atoms. The lowest BCUT2D eigenvalue weighted by Gasteiger charge is -2.35. The van der Waals surface area contributed by atoms with Crippen molar-refractivity contribution in [1.29, 1.82) is 0 Å². The number of nitrogens with zero attached hydrogens (tertiary/aromatic N) is 2. The van der Waals surface area contributed by atoms with Crippen LogP contribution in [0.4, 0.5) is 17.1 Å². The first-order valence-corrected chi connectivity index (χ1v) is 16.3. The summed E-state index contributed by atoms with van der Waals surface area (Å²) in [6, 6.07) is 54.7. The highest BCUT2D eigenvalue weighted by molar-refractivity contribution is 5.91. The second-order valence-corrected chi connectivity index (χ2v) is 12.2. The predicted octanol–water partition coefficient (Wildman–Crippen LogP) is 11.4. The fraction of sp³-hybridized carbons (Fsp3) is 0.0682. The molecule has 2 aliphatic carbocycles. The minimum absolute atomic E-state index is 0.473. The molecule has 0 saturated heterocycles. The number of para-hydroxylation sites is 1. The predicted molar refractivity (Wildman–Crippen MR) is 192 cm³/mol. The third-order valence-electron chi connectivity index (χ3n) is 9.59. The minimum atomic E-state index is -0.473. The second-order valence-electron chi connectivity index (χ2n) is 12.2. The first-order valence-electron chi connectivity index (χ1n) is 16.3. The van der Waals surface area contributed by atoms with E-state index in [0.717, 1.165) is 46.6 Å². The number of allylic oxidation sites excluding steroid dienone is 4. The van der Waals surface area contributed by atoms with Crippen LogP contribution in [0.1, 0.15) is 41.0 Å². The summed E-state index contributed by atoms with van der Waals surface area (Å²) in [5.74, 6) is 0.671. The third-order valence-corrected chi connectivity index (χ3v) is 9.59. The van der Waals surface area contributed by atoms with E-state index in [4.69, 9.17) is 9.40 Å². The summed E-state index contributed by atoms with van der Waals surface area (Å²) in [5.41, 5.74) is 13.0. The molecule has 7 aromatic rings. The molecule has 0 saturated carbocycles. The summed E-state index contributed by atoms with van der Waals surface area (Å²) in [4.78, 5) is 7.27. The quantitative estimate of drug-likeness (QED) is 0.189. The zero-order valence-corrected chi connectivity index (χ0v) is 25.9. The van der Waals surface area contributed by atoms with Crippen LogP contribution in [0, 0.1) is 0 Å². The largest absolute Gasteiger partial charge is 0.436 e. The van der Waals surface area contributed by atoms with Crippen molar-refractivity contribution in [3.05, 3.63) is 198 Å². The molecule has 3 nitrogen and oxygen atoms in total. The maximum absolute atomic E-state index is 6.23. The Bertz CT molecular complexity index is 2260. The van der Waals surface area contributed by atoms with Crippen LogP contribution in [-0.2, 0) is 5.41 Å². The van der Waals surface area contributed by atoms with Crippen molar-refractivity contribution in [2.75, 3.05) is 4.90 Å². The number of aromatic nitrogens is 1. The normalized spacial score (nSPS) is 14.4. The molecular weight excluding hydrogens is 572 g/mol. The summed E-state index contributed by atoms with van der Waals surface area (Å²) < 4.78 is 6.23. The summed E-state index contributed by atoms with van der Waals surface area (Å²) in [7, 11) is 0. The van der Waals surface area contributed by atoms with Gasteiger partial charge in [0.25, 0.3) is 0 Å². The highest BCUT2D eigenvalue weighted by Crippen LogP contribution is 2.57. The standard InChI is InChI=1S/C44H32N2O/c1-5-15-31(16-6-1)43-45-41-30-36(26-28-42(41)47-43)46(34-21-11-4-12-22-34)35-25-27-38-37-23-13-14-24-39(37)44(40(38)29-35,32-17-7-2-8-18-32)33-19-9-3-10-20-33/h2-5,7-30H,1,6H2. The molecule has 1 heterocycles. The summed E-state index contributed by atoms with van der Waals surface area (Å²) in [6.45, 7) is 0. The Hall–Kier alpha value is -5.93. The smallest absolute Gasteiger partial charge is 0.226 e. The van der Waals surface area contributed by atoms with Crippen LogP contribution >= 0.6 is 0 Å². The van der Waals surface area contributed by atoms with Gasteiger partial charge >= 0.3 is 0 Å². The minimum Gasteiger partial charge on any atom is -0.436 e. The monoisotopic (exact) mass is 604 g/mol. The Morgan fingerprint density at radius 1 is 0.553 bits per heavy atom. The zero-order chi connectivity index (χ0) is 31.2. The van der Waals surface area contributed by atoms with Gasteiger partial charge in [-0.2, -0.15) is 0 Å². The maximum atomic E-state index is 6.23. The molecular formula is C44H32N2O. The number of hydrogen-bond acceptors (Lipinski definition) is 3. The molecule has 6 aromatic carbocycles. The molecule has 3 heteroatoms. The summed E-state index contributed by atoms with van der Waals surface area (Å²) >= 11 is 0. The third kappa shape index (κ3) is 4.39. The molecule has 2 aliphatic rings. The number of benzene rings is 6. The van der Waals surface area contributed by atoms with Gasteiger partial charge in [-0.05, 0) is 88.7 Å². The molecule has 0 aliphatic heterocycles. The van der Waals surface area contributed by atoms with E-state index < -0.39 is 5.41 Å². The SMILES string of the molecule is C1=CC(c2nc3cc(N(c4ccccc4)c4ccc5c(c4)C(c4ccccc4)(c4ccccc4)c4ccccc4-5)ccc3o2)=CCC1. The fourth-order valence-corrected chi connectivity index (χ4v) is 7.55. The van der Waals surface area contributed by atoms with Gasteiger partial charge in [0.2, 0.25) is 5.89 Å². The maximum Gasteiger partial charge on any atom is 0.226 e. The number of hydrogen-bond donors (Lipinski definition) is 0. The molecule has 224 valence electrons. The van der Waals surface area contributed by atoms with Crippen LogP contribution in [0.15, 0.2) is 174 Å². The van der Waals surface area contributed by atoms with Crippen molar-refractivity contribution >= 4 is 33.7 Å². The van der Waals surface area contributed by atoms with E-state index in [1.807, 2.05) is 6.07 Å². The van der Waals surface area contributed by atoms with E-state index in [9.17, 15) is 0 Å². The first kappa shape index (κ1) is 27.4. The van der Waals surface area contributed by atoms with Crippen LogP contribution in [-0.4, -0.2) is 4.98 Å². The van der Waals surface area contributed by atoms with Crippen LogP contribution < -0.4 is 4.90 Å². The van der Waals surface area contributed by atoms with Gasteiger partial charge in [-0.3, -0.25) is 0 Å². The van der Waals surface area contributed by atoms with E-state index >= 15 is 0 Å². The summed E-state index contributed by atoms with van der Waals surface area (Å²) in [6.07, 6.45) is 8.56. The molecule has 0 amide bonds. The first-order chi connectivity index (χ1) is 23.3. The van der Waals surface area contributed by atoms with Crippen LogP contribution in [0.25, 0.3) is 27.8 Å². The Balaban J connectivity index is 1.27. The van der Waals surface area contributed by atoms with Gasteiger partial charge in [0.05, 0.1) is 5.41 Å². The van der Waals surface area contributed by atoms with Crippen molar-refractivity contribution in [1.82, 2.24) is 4.98 Å². The molecule has 0 N–H and O–H groups in total. The zero-order valence-electron chi connectivity index (χ0n) is 25.9. The van der Waals surface area contributed by atoms with Crippen LogP contribution in [0.2, 0.25) is 0 Å². The second kappa shape index (κ2) is 11.1. The van der Waals surface area contributed by atoms with E-state index in [0.29, 0.717) is 5.89 Å². The van der Waals surface area contributed by atoms with Crippen LogP contribution in [0.5, 0.6) is 0 Å². The molecule has 9 rings (SSSR count). The van der Waals surface area contributed by atoms with Crippen molar-refractivity contribution in [3.8, 4) is 11.1 Å². The molecule has 0 radical (unpaired) electrons. The van der Waals surface area contributed by atoms with Crippen molar-refractivity contribution in [2.45, 2.75) is 18.3 Å². The van der Waals surface area contributed by atoms with Gasteiger partial charge in [-0.15, -0.1) is 0 Å². The lowest BCUT2D eigenvalue weighted by Crippen LogP contribution is -2.28. The van der Waals surface area contributed by atoms with Gasteiger partial charge in [0.15, 0.2) is 5.58 Å². The highest BCUT2D eigenvalue weighted by Gasteiger charge is 2.46. The summed E-state index contributed by atoms with van der Waals surface area (Å²) in [5, 5.41) is 0. The molecule has 47 heavy (non-hydrogen) atoms. The Kier molecular flexibility index (Phi) is 6.50. The van der Waals surface area contributed by atoms with Crippen molar-refractivity contribution in [3.63, 3.8) is 0 Å². The average Bonchev–Trinajstić information content (AvgIpc) is 3.71. The van der Waals surface area contributed by atoms with Gasteiger partial charge in [0.1, 0.15) is 5.52 Å². The van der Waals surface area contributed by atoms with Crippen LogP contribution in [0.3, 0.4) is 0 Å². The van der Waals surface area contributed by atoms with Crippen molar-refractivity contribution in [2.24, 2.45) is 0 Å². The van der Waals surface area contributed by atoms with E-state index in [2.05, 4.69) is 169 Å².